The molecule has 1 fully saturated rings. The van der Waals surface area contributed by atoms with Crippen molar-refractivity contribution in [2.45, 2.75) is 0 Å². The van der Waals surface area contributed by atoms with E-state index in [0.29, 0.717) is 9.26 Å². The molecule has 108 valence electrons. The van der Waals surface area contributed by atoms with E-state index in [0.717, 1.165) is 26.2 Å². The average molecular weight is 390 g/mol. The smallest absolute Gasteiger partial charge is 0.282 e. The maximum atomic E-state index is 12.0. The molecule has 0 aliphatic carbocycles. The van der Waals surface area contributed by atoms with Crippen molar-refractivity contribution in [1.29, 1.82) is 0 Å². The van der Waals surface area contributed by atoms with Gasteiger partial charge in [0.15, 0.2) is 0 Å². The Bertz CT molecular complexity index is 517. The number of amides is 1. The summed E-state index contributed by atoms with van der Waals surface area (Å²) in [7, 11) is 0. The first-order valence-corrected chi connectivity index (χ1v) is 7.32. The lowest BCUT2D eigenvalue weighted by Crippen LogP contribution is -2.48. The summed E-state index contributed by atoms with van der Waals surface area (Å²) in [4.78, 5) is 24.1. The number of nitrogens with zero attached hydrogens (tertiary/aromatic N) is 2. The zero-order valence-electron chi connectivity index (χ0n) is 10.8. The third-order valence-electron chi connectivity index (χ3n) is 3.06. The van der Waals surface area contributed by atoms with Gasteiger partial charge in [0.05, 0.1) is 15.0 Å². The summed E-state index contributed by atoms with van der Waals surface area (Å²) in [6, 6.07) is 4.73. The van der Waals surface area contributed by atoms with E-state index in [-0.39, 0.29) is 18.1 Å². The molecular weight excluding hydrogens is 375 g/mol. The van der Waals surface area contributed by atoms with Crippen LogP contribution in [-0.2, 0) is 4.79 Å². The Morgan fingerprint density at radius 2 is 2.15 bits per heavy atom. The fourth-order valence-corrected chi connectivity index (χ4v) is 2.68. The maximum Gasteiger partial charge on any atom is 0.282 e. The molecule has 0 atom stereocenters. The molecule has 0 spiro atoms. The summed E-state index contributed by atoms with van der Waals surface area (Å²) in [6.45, 7) is 3.28. The van der Waals surface area contributed by atoms with Gasteiger partial charge in [0.1, 0.15) is 0 Å². The van der Waals surface area contributed by atoms with Crippen LogP contribution in [0.5, 0.6) is 0 Å². The molecule has 1 aliphatic rings. The molecule has 1 aromatic carbocycles. The Hall–Kier alpha value is -1.42. The van der Waals surface area contributed by atoms with E-state index in [9.17, 15) is 14.9 Å². The number of halogens is 1. The van der Waals surface area contributed by atoms with E-state index >= 15 is 0 Å². The minimum atomic E-state index is -0.419. The van der Waals surface area contributed by atoms with E-state index in [1.54, 1.807) is 17.0 Å². The first-order valence-electron chi connectivity index (χ1n) is 6.24. The minimum absolute atomic E-state index is 0.0415. The van der Waals surface area contributed by atoms with Crippen molar-refractivity contribution < 1.29 is 9.72 Å². The third-order valence-corrected chi connectivity index (χ3v) is 3.92. The first kappa shape index (κ1) is 15.0. The fraction of sp³-hybridized carbons (Fsp3) is 0.417. The fourth-order valence-electron chi connectivity index (χ4n) is 1.97. The number of hydrogen-bond acceptors (Lipinski definition) is 5. The van der Waals surface area contributed by atoms with Crippen LogP contribution in [0.1, 0.15) is 0 Å². The van der Waals surface area contributed by atoms with Crippen LogP contribution in [0.15, 0.2) is 18.2 Å². The van der Waals surface area contributed by atoms with Crippen LogP contribution in [0.2, 0.25) is 0 Å². The van der Waals surface area contributed by atoms with Gasteiger partial charge in [-0.05, 0) is 34.7 Å². The van der Waals surface area contributed by atoms with Gasteiger partial charge in [0.2, 0.25) is 5.91 Å². The summed E-state index contributed by atoms with van der Waals surface area (Å²) in [6.07, 6.45) is 0. The Morgan fingerprint density at radius 1 is 1.45 bits per heavy atom. The molecule has 1 saturated heterocycles. The Labute approximate surface area is 130 Å². The Morgan fingerprint density at radius 3 is 2.75 bits per heavy atom. The molecule has 8 heteroatoms. The van der Waals surface area contributed by atoms with Gasteiger partial charge in [0.25, 0.3) is 5.69 Å². The number of carbonyl (C=O) groups excluding carboxylic acids is 1. The molecule has 1 aliphatic heterocycles. The number of nitrogens with one attached hydrogen (secondary N) is 2. The second kappa shape index (κ2) is 6.84. The summed E-state index contributed by atoms with van der Waals surface area (Å²) >= 11 is 1.92. The minimum Gasteiger partial charge on any atom is -0.376 e. The summed E-state index contributed by atoms with van der Waals surface area (Å²) < 4.78 is 0.548. The van der Waals surface area contributed by atoms with Crippen LogP contribution >= 0.6 is 22.6 Å². The van der Waals surface area contributed by atoms with Gasteiger partial charge in [-0.3, -0.25) is 14.9 Å². The number of rotatable bonds is 4. The molecule has 0 aromatic heterocycles. The van der Waals surface area contributed by atoms with Gasteiger partial charge in [-0.1, -0.05) is 0 Å². The van der Waals surface area contributed by atoms with E-state index in [4.69, 9.17) is 0 Å². The molecule has 0 bridgehead atoms. The lowest BCUT2D eigenvalue weighted by Gasteiger charge is -2.27. The number of piperazine rings is 1. The van der Waals surface area contributed by atoms with Crippen LogP contribution in [0.3, 0.4) is 0 Å². The maximum absolute atomic E-state index is 12.0. The Balaban J connectivity index is 1.92. The second-order valence-corrected chi connectivity index (χ2v) is 5.57. The lowest BCUT2D eigenvalue weighted by atomic mass is 10.3. The van der Waals surface area contributed by atoms with E-state index < -0.39 is 4.92 Å². The summed E-state index contributed by atoms with van der Waals surface area (Å²) in [5, 5.41) is 16.9. The zero-order chi connectivity index (χ0) is 14.5. The molecule has 1 aromatic rings. The topological polar surface area (TPSA) is 87.5 Å². The highest BCUT2D eigenvalue weighted by atomic mass is 127. The van der Waals surface area contributed by atoms with Gasteiger partial charge < -0.3 is 15.5 Å². The van der Waals surface area contributed by atoms with Crippen LogP contribution in [0, 0.1) is 13.7 Å². The predicted octanol–water partition coefficient (Wildman–Crippen LogP) is 1.04. The molecule has 7 nitrogen and oxygen atoms in total. The summed E-state index contributed by atoms with van der Waals surface area (Å²) in [5.41, 5.74) is 0.785. The molecule has 20 heavy (non-hydrogen) atoms. The van der Waals surface area contributed by atoms with Crippen molar-refractivity contribution in [3.05, 3.63) is 31.9 Å². The average Bonchev–Trinajstić information content (AvgIpc) is 2.45. The van der Waals surface area contributed by atoms with Gasteiger partial charge in [0, 0.05) is 37.9 Å². The number of nitro groups is 1. The monoisotopic (exact) mass is 390 g/mol. The van der Waals surface area contributed by atoms with E-state index in [1.807, 2.05) is 22.6 Å². The lowest BCUT2D eigenvalue weighted by molar-refractivity contribution is -0.385. The van der Waals surface area contributed by atoms with Crippen LogP contribution < -0.4 is 10.6 Å². The summed E-state index contributed by atoms with van der Waals surface area (Å²) in [5.74, 6) is 0.0415. The Kier molecular flexibility index (Phi) is 5.12. The second-order valence-electron chi connectivity index (χ2n) is 4.41. The molecule has 0 unspecified atom stereocenters. The predicted molar refractivity (Wildman–Crippen MR) is 83.8 cm³/mol. The quantitative estimate of drug-likeness (QED) is 0.456. The molecule has 1 amide bonds. The van der Waals surface area contributed by atoms with Gasteiger partial charge in [-0.25, -0.2) is 0 Å². The number of hydrogen-bond donors (Lipinski definition) is 2. The van der Waals surface area contributed by atoms with Crippen LogP contribution in [0.25, 0.3) is 0 Å². The molecule has 2 N–H and O–H groups in total. The zero-order valence-corrected chi connectivity index (χ0v) is 12.9. The van der Waals surface area contributed by atoms with Crippen molar-refractivity contribution in [1.82, 2.24) is 10.2 Å². The van der Waals surface area contributed by atoms with Gasteiger partial charge in [-0.2, -0.15) is 0 Å². The SMILES string of the molecule is O=C(CNc1ccc([N+](=O)[O-])c(I)c1)N1CCNCC1. The number of anilines is 1. The molecular formula is C12H15IN4O3. The third kappa shape index (κ3) is 3.79. The van der Waals surface area contributed by atoms with Crippen molar-refractivity contribution in [3.8, 4) is 0 Å². The normalized spacial score (nSPS) is 14.9. The highest BCUT2D eigenvalue weighted by molar-refractivity contribution is 14.1. The molecule has 0 radical (unpaired) electrons. The highest BCUT2D eigenvalue weighted by Crippen LogP contribution is 2.23. The van der Waals surface area contributed by atoms with Crippen molar-refractivity contribution in [3.63, 3.8) is 0 Å². The number of nitro benzene ring substituents is 1. The molecule has 0 saturated carbocycles. The van der Waals surface area contributed by atoms with Crippen molar-refractivity contribution >= 4 is 39.9 Å². The standard InChI is InChI=1S/C12H15IN4O3/c13-10-7-9(1-2-11(10)17(19)20)15-8-12(18)16-5-3-14-4-6-16/h1-2,7,14-15H,3-6,8H2. The number of benzene rings is 1. The van der Waals surface area contributed by atoms with Crippen molar-refractivity contribution in [2.75, 3.05) is 38.0 Å². The first-order chi connectivity index (χ1) is 9.58. The molecule has 1 heterocycles. The van der Waals surface area contributed by atoms with Gasteiger partial charge in [-0.15, -0.1) is 0 Å². The van der Waals surface area contributed by atoms with Gasteiger partial charge >= 0.3 is 0 Å². The van der Waals surface area contributed by atoms with E-state index in [1.165, 1.54) is 6.07 Å². The highest BCUT2D eigenvalue weighted by Gasteiger charge is 2.16. The molecule has 2 rings (SSSR count). The van der Waals surface area contributed by atoms with Crippen LogP contribution in [-0.4, -0.2) is 48.5 Å². The van der Waals surface area contributed by atoms with Crippen molar-refractivity contribution in [2.24, 2.45) is 0 Å². The van der Waals surface area contributed by atoms with Crippen LogP contribution in [0.4, 0.5) is 11.4 Å². The number of carbonyl (C=O) groups is 1. The largest absolute Gasteiger partial charge is 0.376 e. The van der Waals surface area contributed by atoms with E-state index in [2.05, 4.69) is 10.6 Å².